The summed E-state index contributed by atoms with van der Waals surface area (Å²) in [5, 5.41) is 25.7. The molecule has 19 heavy (non-hydrogen) atoms. The normalized spacial score (nSPS) is 22.4. The molecule has 0 radical (unpaired) electrons. The van der Waals surface area contributed by atoms with Crippen molar-refractivity contribution in [2.45, 2.75) is 12.8 Å². The third kappa shape index (κ3) is 2.35. The fourth-order valence-electron chi connectivity index (χ4n) is 2.06. The van der Waals surface area contributed by atoms with Gasteiger partial charge in [-0.05, 0) is 18.6 Å². The summed E-state index contributed by atoms with van der Waals surface area (Å²) in [6.07, 6.45) is 2.97. The number of carboxylic acids is 2. The summed E-state index contributed by atoms with van der Waals surface area (Å²) in [4.78, 5) is 26.5. The zero-order chi connectivity index (χ0) is 14.0. The van der Waals surface area contributed by atoms with Gasteiger partial charge in [-0.25, -0.2) is 4.79 Å². The summed E-state index contributed by atoms with van der Waals surface area (Å²) in [6, 6.07) is 3.25. The van der Waals surface area contributed by atoms with Gasteiger partial charge in [0.05, 0.1) is 11.6 Å². The van der Waals surface area contributed by atoms with Crippen LogP contribution in [0.5, 0.6) is 0 Å². The second-order valence-corrected chi connectivity index (χ2v) is 4.11. The van der Waals surface area contributed by atoms with Gasteiger partial charge in [0.2, 0.25) is 0 Å². The van der Waals surface area contributed by atoms with E-state index in [0.29, 0.717) is 5.56 Å². The summed E-state index contributed by atoms with van der Waals surface area (Å²) in [5.74, 6) is -4.35. The molecule has 2 unspecified atom stereocenters. The molecule has 2 heterocycles. The van der Waals surface area contributed by atoms with E-state index in [-0.39, 0.29) is 11.4 Å². The number of rotatable bonds is 3. The zero-order valence-electron chi connectivity index (χ0n) is 10.0. The van der Waals surface area contributed by atoms with Gasteiger partial charge in [0.1, 0.15) is 5.92 Å². The van der Waals surface area contributed by atoms with Crippen LogP contribution in [0, 0.1) is 5.92 Å². The van der Waals surface area contributed by atoms with Gasteiger partial charge in [0.15, 0.2) is 5.71 Å². The molecule has 1 aromatic rings. The van der Waals surface area contributed by atoms with E-state index in [1.807, 2.05) is 0 Å². The van der Waals surface area contributed by atoms with Gasteiger partial charge in [0, 0.05) is 12.4 Å². The second kappa shape index (κ2) is 4.97. The maximum Gasteiger partial charge on any atom is 0.352 e. The van der Waals surface area contributed by atoms with Crippen LogP contribution in [-0.4, -0.2) is 38.6 Å². The SMILES string of the molecule is CC1=NN=C(C(=O)O)C(c2cccnc2)C1C(=O)O. The lowest BCUT2D eigenvalue weighted by Gasteiger charge is -2.25. The van der Waals surface area contributed by atoms with Crippen molar-refractivity contribution < 1.29 is 19.8 Å². The van der Waals surface area contributed by atoms with Gasteiger partial charge in [0.25, 0.3) is 0 Å². The number of carbonyl (C=O) groups is 2. The number of pyridine rings is 1. The van der Waals surface area contributed by atoms with Crippen LogP contribution in [0.1, 0.15) is 18.4 Å². The molecular weight excluding hydrogens is 250 g/mol. The lowest BCUT2D eigenvalue weighted by Crippen LogP contribution is -2.38. The number of carboxylic acid groups (broad SMARTS) is 2. The third-order valence-electron chi connectivity index (χ3n) is 2.92. The maximum atomic E-state index is 11.4. The van der Waals surface area contributed by atoms with Crippen LogP contribution >= 0.6 is 0 Å². The molecule has 2 atom stereocenters. The lowest BCUT2D eigenvalue weighted by atomic mass is 9.80. The van der Waals surface area contributed by atoms with Gasteiger partial charge in [-0.3, -0.25) is 9.78 Å². The topological polar surface area (TPSA) is 112 Å². The van der Waals surface area contributed by atoms with Gasteiger partial charge in [-0.2, -0.15) is 5.10 Å². The molecule has 7 heteroatoms. The number of hydrogen-bond acceptors (Lipinski definition) is 5. The molecule has 0 saturated carbocycles. The number of aliphatic carboxylic acids is 2. The minimum absolute atomic E-state index is 0.270. The van der Waals surface area contributed by atoms with Crippen molar-refractivity contribution in [3.05, 3.63) is 30.1 Å². The highest BCUT2D eigenvalue weighted by atomic mass is 16.4. The Bertz CT molecular complexity index is 580. The summed E-state index contributed by atoms with van der Waals surface area (Å²) in [7, 11) is 0. The largest absolute Gasteiger partial charge is 0.481 e. The Kier molecular flexibility index (Phi) is 3.37. The number of hydrogen-bond donors (Lipinski definition) is 2. The predicted molar refractivity (Wildman–Crippen MR) is 66.3 cm³/mol. The standard InChI is InChI=1S/C12H11N3O4/c1-6-8(11(16)17)9(7-3-2-4-13-5-7)10(12(18)19)15-14-6/h2-5,8-9H,1H3,(H,16,17)(H,18,19). The van der Waals surface area contributed by atoms with Crippen LogP contribution < -0.4 is 0 Å². The monoisotopic (exact) mass is 261 g/mol. The first-order valence-electron chi connectivity index (χ1n) is 5.50. The quantitative estimate of drug-likeness (QED) is 0.834. The first-order valence-corrected chi connectivity index (χ1v) is 5.50. The Labute approximate surface area is 108 Å². The molecule has 0 bridgehead atoms. The predicted octanol–water partition coefficient (Wildman–Crippen LogP) is 0.781. The van der Waals surface area contributed by atoms with Crippen LogP contribution in [0.3, 0.4) is 0 Å². The Hall–Kier alpha value is -2.57. The average Bonchev–Trinajstić information content (AvgIpc) is 2.38. The number of nitrogens with zero attached hydrogens (tertiary/aromatic N) is 3. The Morgan fingerprint density at radius 1 is 1.26 bits per heavy atom. The van der Waals surface area contributed by atoms with Crippen molar-refractivity contribution in [1.82, 2.24) is 4.98 Å². The molecule has 0 aliphatic carbocycles. The minimum atomic E-state index is -1.28. The maximum absolute atomic E-state index is 11.4. The molecule has 1 aliphatic rings. The fraction of sp³-hybridized carbons (Fsp3) is 0.250. The van der Waals surface area contributed by atoms with Crippen molar-refractivity contribution in [1.29, 1.82) is 0 Å². The molecule has 0 aromatic carbocycles. The first-order chi connectivity index (χ1) is 9.02. The second-order valence-electron chi connectivity index (χ2n) is 4.11. The van der Waals surface area contributed by atoms with Crippen molar-refractivity contribution in [3.63, 3.8) is 0 Å². The smallest absolute Gasteiger partial charge is 0.352 e. The molecule has 1 aromatic heterocycles. The van der Waals surface area contributed by atoms with E-state index in [1.165, 1.54) is 19.3 Å². The minimum Gasteiger partial charge on any atom is -0.481 e. The lowest BCUT2D eigenvalue weighted by molar-refractivity contribution is -0.139. The van der Waals surface area contributed by atoms with Crippen molar-refractivity contribution >= 4 is 23.4 Å². The van der Waals surface area contributed by atoms with Crippen molar-refractivity contribution in [2.24, 2.45) is 16.1 Å². The molecule has 0 fully saturated rings. The molecular formula is C12H11N3O4. The Balaban J connectivity index is 2.56. The average molecular weight is 261 g/mol. The van der Waals surface area contributed by atoms with Gasteiger partial charge >= 0.3 is 11.9 Å². The first kappa shape index (κ1) is 12.9. The summed E-state index contributed by atoms with van der Waals surface area (Å²) >= 11 is 0. The van der Waals surface area contributed by atoms with E-state index in [2.05, 4.69) is 15.2 Å². The zero-order valence-corrected chi connectivity index (χ0v) is 10.0. The molecule has 7 nitrogen and oxygen atoms in total. The van der Waals surface area contributed by atoms with E-state index in [4.69, 9.17) is 5.11 Å². The van der Waals surface area contributed by atoms with Crippen LogP contribution in [0.25, 0.3) is 0 Å². The molecule has 0 saturated heterocycles. The van der Waals surface area contributed by atoms with Crippen LogP contribution in [-0.2, 0) is 9.59 Å². The summed E-state index contributed by atoms with van der Waals surface area (Å²) < 4.78 is 0. The van der Waals surface area contributed by atoms with E-state index in [1.54, 1.807) is 12.1 Å². The molecule has 98 valence electrons. The van der Waals surface area contributed by atoms with Crippen molar-refractivity contribution in [2.75, 3.05) is 0 Å². The highest BCUT2D eigenvalue weighted by Crippen LogP contribution is 2.30. The van der Waals surface area contributed by atoms with Gasteiger partial charge in [-0.15, -0.1) is 5.10 Å². The van der Waals surface area contributed by atoms with E-state index in [9.17, 15) is 14.7 Å². The fourth-order valence-corrected chi connectivity index (χ4v) is 2.06. The van der Waals surface area contributed by atoms with E-state index in [0.717, 1.165) is 0 Å². The van der Waals surface area contributed by atoms with E-state index < -0.39 is 23.8 Å². The highest BCUT2D eigenvalue weighted by molar-refractivity contribution is 6.39. The van der Waals surface area contributed by atoms with Gasteiger partial charge < -0.3 is 10.2 Å². The molecule has 1 aliphatic heterocycles. The third-order valence-corrected chi connectivity index (χ3v) is 2.92. The highest BCUT2D eigenvalue weighted by Gasteiger charge is 2.41. The Morgan fingerprint density at radius 3 is 2.53 bits per heavy atom. The summed E-state index contributed by atoms with van der Waals surface area (Å²) in [6.45, 7) is 1.52. The molecule has 0 spiro atoms. The van der Waals surface area contributed by atoms with Crippen LogP contribution in [0.2, 0.25) is 0 Å². The Morgan fingerprint density at radius 2 is 2.00 bits per heavy atom. The molecule has 0 amide bonds. The van der Waals surface area contributed by atoms with Crippen molar-refractivity contribution in [3.8, 4) is 0 Å². The molecule has 2 rings (SSSR count). The summed E-state index contributed by atoms with van der Waals surface area (Å²) in [5.41, 5.74) is 0.475. The molecule has 2 N–H and O–H groups in total. The van der Waals surface area contributed by atoms with Crippen LogP contribution in [0.4, 0.5) is 0 Å². The van der Waals surface area contributed by atoms with Crippen LogP contribution in [0.15, 0.2) is 34.7 Å². The van der Waals surface area contributed by atoms with Gasteiger partial charge in [-0.1, -0.05) is 6.07 Å². The number of aromatic nitrogens is 1. The van der Waals surface area contributed by atoms with E-state index >= 15 is 0 Å².